The number of thiazole rings is 1. The van der Waals surface area contributed by atoms with Gasteiger partial charge in [0.2, 0.25) is 5.91 Å². The Morgan fingerprint density at radius 3 is 2.57 bits per heavy atom. The number of halogens is 1. The summed E-state index contributed by atoms with van der Waals surface area (Å²) in [5.41, 5.74) is 3.80. The van der Waals surface area contributed by atoms with Gasteiger partial charge in [-0.05, 0) is 48.9 Å². The van der Waals surface area contributed by atoms with E-state index in [1.807, 2.05) is 36.6 Å². The summed E-state index contributed by atoms with van der Waals surface area (Å²) in [6, 6.07) is 14.3. The minimum absolute atomic E-state index is 0.0258. The molecule has 0 unspecified atom stereocenters. The standard InChI is InChI=1S/C23H25FN4OS/c1-17-3-2-4-20(13-17)25-22(29)14-27-9-11-28(12-10-27)15-23-26-21(16-30-23)18-5-7-19(24)8-6-18/h2-8,13,16H,9-12,14-15H2,1H3,(H,25,29). The van der Waals surface area contributed by atoms with Gasteiger partial charge in [0.15, 0.2) is 0 Å². The second-order valence-electron chi connectivity index (χ2n) is 7.60. The molecule has 7 heteroatoms. The molecule has 1 amide bonds. The lowest BCUT2D eigenvalue weighted by atomic mass is 10.2. The molecule has 0 radical (unpaired) electrons. The van der Waals surface area contributed by atoms with Gasteiger partial charge in [0, 0.05) is 42.8 Å². The molecule has 30 heavy (non-hydrogen) atoms. The van der Waals surface area contributed by atoms with Crippen LogP contribution in [0.5, 0.6) is 0 Å². The van der Waals surface area contributed by atoms with E-state index < -0.39 is 0 Å². The minimum Gasteiger partial charge on any atom is -0.325 e. The maximum atomic E-state index is 13.1. The Balaban J connectivity index is 1.24. The van der Waals surface area contributed by atoms with Crippen molar-refractivity contribution in [2.45, 2.75) is 13.5 Å². The van der Waals surface area contributed by atoms with Crippen LogP contribution in [-0.2, 0) is 11.3 Å². The van der Waals surface area contributed by atoms with Crippen LogP contribution >= 0.6 is 11.3 Å². The lowest BCUT2D eigenvalue weighted by molar-refractivity contribution is -0.117. The van der Waals surface area contributed by atoms with Gasteiger partial charge >= 0.3 is 0 Å². The fourth-order valence-corrected chi connectivity index (χ4v) is 4.40. The van der Waals surface area contributed by atoms with Gasteiger partial charge in [0.05, 0.1) is 18.8 Å². The van der Waals surface area contributed by atoms with Crippen LogP contribution in [0.15, 0.2) is 53.9 Å². The molecule has 3 aromatic rings. The van der Waals surface area contributed by atoms with Crippen molar-refractivity contribution in [2.75, 3.05) is 38.0 Å². The van der Waals surface area contributed by atoms with E-state index in [9.17, 15) is 9.18 Å². The van der Waals surface area contributed by atoms with Crippen LogP contribution in [0.1, 0.15) is 10.6 Å². The van der Waals surface area contributed by atoms with Crippen LogP contribution in [0.3, 0.4) is 0 Å². The number of nitrogens with zero attached hydrogens (tertiary/aromatic N) is 3. The van der Waals surface area contributed by atoms with Crippen molar-refractivity contribution in [1.82, 2.24) is 14.8 Å². The number of benzene rings is 2. The molecular formula is C23H25FN4OS. The highest BCUT2D eigenvalue weighted by atomic mass is 32.1. The van der Waals surface area contributed by atoms with Crippen LogP contribution < -0.4 is 5.32 Å². The number of carbonyl (C=O) groups is 1. The van der Waals surface area contributed by atoms with E-state index in [4.69, 9.17) is 4.98 Å². The van der Waals surface area contributed by atoms with Gasteiger partial charge in [0.25, 0.3) is 0 Å². The number of aromatic nitrogens is 1. The lowest BCUT2D eigenvalue weighted by Gasteiger charge is -2.33. The molecule has 156 valence electrons. The van der Waals surface area contributed by atoms with Gasteiger partial charge in [-0.2, -0.15) is 0 Å². The summed E-state index contributed by atoms with van der Waals surface area (Å²) in [7, 11) is 0. The van der Waals surface area contributed by atoms with Crippen molar-refractivity contribution < 1.29 is 9.18 Å². The molecule has 1 aromatic heterocycles. The Morgan fingerprint density at radius 1 is 1.10 bits per heavy atom. The molecule has 4 rings (SSSR count). The second kappa shape index (κ2) is 9.47. The predicted octanol–water partition coefficient (Wildman–Crippen LogP) is 4.01. The first-order chi connectivity index (χ1) is 14.5. The quantitative estimate of drug-likeness (QED) is 0.650. The van der Waals surface area contributed by atoms with Crippen molar-refractivity contribution >= 4 is 22.9 Å². The van der Waals surface area contributed by atoms with E-state index in [1.54, 1.807) is 23.5 Å². The number of hydrogen-bond acceptors (Lipinski definition) is 5. The van der Waals surface area contributed by atoms with Crippen LogP contribution in [0.4, 0.5) is 10.1 Å². The largest absolute Gasteiger partial charge is 0.325 e. The van der Waals surface area contributed by atoms with Gasteiger partial charge in [-0.15, -0.1) is 11.3 Å². The maximum Gasteiger partial charge on any atom is 0.238 e. The zero-order valence-corrected chi connectivity index (χ0v) is 17.8. The highest BCUT2D eigenvalue weighted by Gasteiger charge is 2.20. The smallest absolute Gasteiger partial charge is 0.238 e. The number of rotatable bonds is 6. The maximum absolute atomic E-state index is 13.1. The normalized spacial score (nSPS) is 15.3. The molecule has 0 atom stereocenters. The van der Waals surface area contributed by atoms with E-state index in [0.717, 1.165) is 60.2 Å². The summed E-state index contributed by atoms with van der Waals surface area (Å²) in [5.74, 6) is -0.211. The van der Waals surface area contributed by atoms with Gasteiger partial charge < -0.3 is 5.32 Å². The zero-order chi connectivity index (χ0) is 20.9. The van der Waals surface area contributed by atoms with Crippen LogP contribution in [0.2, 0.25) is 0 Å². The first-order valence-corrected chi connectivity index (χ1v) is 10.9. The summed E-state index contributed by atoms with van der Waals surface area (Å²) in [6.45, 7) is 6.75. The molecule has 1 aliphatic heterocycles. The number of aryl methyl sites for hydroxylation is 1. The first-order valence-electron chi connectivity index (χ1n) is 10.1. The molecular weight excluding hydrogens is 399 g/mol. The highest BCUT2D eigenvalue weighted by molar-refractivity contribution is 7.09. The molecule has 1 N–H and O–H groups in total. The second-order valence-corrected chi connectivity index (χ2v) is 8.55. The van der Waals surface area contributed by atoms with E-state index in [0.29, 0.717) is 6.54 Å². The SMILES string of the molecule is Cc1cccc(NC(=O)CN2CCN(Cc3nc(-c4ccc(F)cc4)cs3)CC2)c1. The zero-order valence-electron chi connectivity index (χ0n) is 17.0. The fraction of sp³-hybridized carbons (Fsp3) is 0.304. The van der Waals surface area contributed by atoms with E-state index in [1.165, 1.54) is 12.1 Å². The van der Waals surface area contributed by atoms with Gasteiger partial charge in [-0.1, -0.05) is 12.1 Å². The van der Waals surface area contributed by atoms with Crippen LogP contribution in [-0.4, -0.2) is 53.4 Å². The van der Waals surface area contributed by atoms with Crippen molar-refractivity contribution in [3.8, 4) is 11.3 Å². The Labute approximate surface area is 180 Å². The third-order valence-corrected chi connectivity index (χ3v) is 6.02. The summed E-state index contributed by atoms with van der Waals surface area (Å²) < 4.78 is 13.1. The van der Waals surface area contributed by atoms with Crippen molar-refractivity contribution in [3.63, 3.8) is 0 Å². The number of piperazine rings is 1. The summed E-state index contributed by atoms with van der Waals surface area (Å²) in [6.07, 6.45) is 0. The average Bonchev–Trinajstić information content (AvgIpc) is 3.18. The number of amides is 1. The topological polar surface area (TPSA) is 48.5 Å². The number of nitrogens with one attached hydrogen (secondary N) is 1. The monoisotopic (exact) mass is 424 g/mol. The molecule has 2 heterocycles. The third-order valence-electron chi connectivity index (χ3n) is 5.18. The van der Waals surface area contributed by atoms with Crippen molar-refractivity contribution in [1.29, 1.82) is 0 Å². The Morgan fingerprint density at radius 2 is 1.83 bits per heavy atom. The molecule has 0 bridgehead atoms. The molecule has 0 aliphatic carbocycles. The average molecular weight is 425 g/mol. The Hall–Kier alpha value is -2.61. The Bertz CT molecular complexity index is 996. The molecule has 1 aliphatic rings. The summed E-state index contributed by atoms with van der Waals surface area (Å²) >= 11 is 1.63. The molecule has 2 aromatic carbocycles. The van der Waals surface area contributed by atoms with Gasteiger partial charge in [0.1, 0.15) is 10.8 Å². The first kappa shape index (κ1) is 20.7. The van der Waals surface area contributed by atoms with E-state index >= 15 is 0 Å². The minimum atomic E-state index is -0.236. The molecule has 1 fully saturated rings. The van der Waals surface area contributed by atoms with Crippen molar-refractivity contribution in [2.24, 2.45) is 0 Å². The predicted molar refractivity (Wildman–Crippen MR) is 119 cm³/mol. The van der Waals surface area contributed by atoms with Gasteiger partial charge in [-0.3, -0.25) is 14.6 Å². The summed E-state index contributed by atoms with van der Waals surface area (Å²) in [4.78, 5) is 21.6. The molecule has 5 nitrogen and oxygen atoms in total. The Kier molecular flexibility index (Phi) is 6.52. The van der Waals surface area contributed by atoms with E-state index in [2.05, 4.69) is 15.1 Å². The van der Waals surface area contributed by atoms with Crippen LogP contribution in [0, 0.1) is 12.7 Å². The third kappa shape index (κ3) is 5.50. The number of hydrogen-bond donors (Lipinski definition) is 1. The van der Waals surface area contributed by atoms with Crippen LogP contribution in [0.25, 0.3) is 11.3 Å². The fourth-order valence-electron chi connectivity index (χ4n) is 3.56. The van der Waals surface area contributed by atoms with Gasteiger partial charge in [-0.25, -0.2) is 9.37 Å². The molecule has 1 saturated heterocycles. The number of anilines is 1. The highest BCUT2D eigenvalue weighted by Crippen LogP contribution is 2.23. The molecule has 0 spiro atoms. The lowest BCUT2D eigenvalue weighted by Crippen LogP contribution is -2.48. The van der Waals surface area contributed by atoms with E-state index in [-0.39, 0.29) is 11.7 Å². The van der Waals surface area contributed by atoms with Crippen molar-refractivity contribution in [3.05, 3.63) is 70.3 Å². The summed E-state index contributed by atoms with van der Waals surface area (Å²) in [5, 5.41) is 6.05. The number of carbonyl (C=O) groups excluding carboxylic acids is 1. The molecule has 0 saturated carbocycles.